The number of hydrogen-bond donors (Lipinski definition) is 1. The van der Waals surface area contributed by atoms with Crippen LogP contribution in [0.15, 0.2) is 35.6 Å². The molecule has 0 heterocycles. The van der Waals surface area contributed by atoms with Gasteiger partial charge in [0.2, 0.25) is 0 Å². The van der Waals surface area contributed by atoms with Gasteiger partial charge in [0.05, 0.1) is 0 Å². The van der Waals surface area contributed by atoms with Crippen LogP contribution in [0.2, 0.25) is 0 Å². The molecule has 0 unspecified atom stereocenters. The van der Waals surface area contributed by atoms with Crippen LogP contribution in [0.25, 0.3) is 0 Å². The van der Waals surface area contributed by atoms with E-state index in [0.717, 1.165) is 5.57 Å². The van der Waals surface area contributed by atoms with Crippen LogP contribution in [0.3, 0.4) is 0 Å². The lowest BCUT2D eigenvalue weighted by molar-refractivity contribution is -0.115. The summed E-state index contributed by atoms with van der Waals surface area (Å²) in [4.78, 5) is 11.3. The van der Waals surface area contributed by atoms with E-state index in [2.05, 4.69) is 6.58 Å². The number of allylic oxidation sites excluding steroid dienone is 4. The maximum Gasteiger partial charge on any atom is 0.165 e. The number of rotatable bonds is 2. The van der Waals surface area contributed by atoms with E-state index in [-0.39, 0.29) is 5.78 Å². The maximum absolute atomic E-state index is 11.3. The van der Waals surface area contributed by atoms with E-state index in [9.17, 15) is 4.79 Å². The second-order valence-electron chi connectivity index (χ2n) is 2.90. The van der Waals surface area contributed by atoms with Gasteiger partial charge in [-0.25, -0.2) is 0 Å². The van der Waals surface area contributed by atoms with E-state index < -0.39 is 0 Å². The molecular weight excluding hydrogens is 150 g/mol. The van der Waals surface area contributed by atoms with Crippen LogP contribution in [0.5, 0.6) is 0 Å². The van der Waals surface area contributed by atoms with Crippen molar-refractivity contribution in [3.8, 4) is 0 Å². The standard InChI is InChI=1S/C10H13NO/c1-3-4-8-9(12)6-5-7(2)10(8)11/h3,5H,1,4,6,11H2,2H3. The second-order valence-corrected chi connectivity index (χ2v) is 2.90. The normalized spacial score (nSPS) is 17.8. The molecule has 0 saturated heterocycles. The molecule has 12 heavy (non-hydrogen) atoms. The Balaban J connectivity index is 3.02. The number of nitrogens with two attached hydrogens (primary N) is 1. The molecule has 0 spiro atoms. The van der Waals surface area contributed by atoms with Gasteiger partial charge in [-0.15, -0.1) is 6.58 Å². The van der Waals surface area contributed by atoms with Crippen LogP contribution < -0.4 is 5.73 Å². The third kappa shape index (κ3) is 1.47. The SMILES string of the molecule is C=CCC1=C(N)C(C)=CCC1=O. The molecule has 0 aromatic carbocycles. The van der Waals surface area contributed by atoms with Crippen molar-refractivity contribution in [3.63, 3.8) is 0 Å². The highest BCUT2D eigenvalue weighted by molar-refractivity contribution is 5.99. The van der Waals surface area contributed by atoms with Crippen LogP contribution in [0.1, 0.15) is 19.8 Å². The Kier molecular flexibility index (Phi) is 2.48. The molecule has 0 aliphatic heterocycles. The first-order valence-electron chi connectivity index (χ1n) is 3.96. The number of Topliss-reactive ketones (excluding diaryl/α,β-unsaturated/α-hetero) is 1. The third-order valence-electron chi connectivity index (χ3n) is 2.03. The first-order valence-corrected chi connectivity index (χ1v) is 3.96. The van der Waals surface area contributed by atoms with Crippen molar-refractivity contribution >= 4 is 5.78 Å². The molecule has 0 amide bonds. The minimum atomic E-state index is 0.123. The van der Waals surface area contributed by atoms with Crippen molar-refractivity contribution < 1.29 is 4.79 Å². The number of hydrogen-bond acceptors (Lipinski definition) is 2. The summed E-state index contributed by atoms with van der Waals surface area (Å²) in [6.45, 7) is 5.51. The number of carbonyl (C=O) groups excluding carboxylic acids is 1. The molecule has 0 aromatic rings. The van der Waals surface area contributed by atoms with Gasteiger partial charge in [-0.3, -0.25) is 4.79 Å². The largest absolute Gasteiger partial charge is 0.398 e. The molecule has 1 aliphatic rings. The van der Waals surface area contributed by atoms with Crippen molar-refractivity contribution in [2.24, 2.45) is 5.73 Å². The van der Waals surface area contributed by atoms with E-state index in [0.29, 0.717) is 24.1 Å². The monoisotopic (exact) mass is 163 g/mol. The van der Waals surface area contributed by atoms with Crippen LogP contribution >= 0.6 is 0 Å². The number of carbonyl (C=O) groups is 1. The summed E-state index contributed by atoms with van der Waals surface area (Å²) in [6.07, 6.45) is 4.63. The molecule has 1 aliphatic carbocycles. The van der Waals surface area contributed by atoms with Gasteiger partial charge in [0.25, 0.3) is 0 Å². The summed E-state index contributed by atoms with van der Waals surface area (Å²) < 4.78 is 0. The Labute approximate surface area is 72.5 Å². The molecule has 0 radical (unpaired) electrons. The van der Waals surface area contributed by atoms with E-state index in [1.54, 1.807) is 6.08 Å². The molecule has 0 fully saturated rings. The molecule has 64 valence electrons. The lowest BCUT2D eigenvalue weighted by Crippen LogP contribution is -2.15. The second kappa shape index (κ2) is 3.39. The minimum Gasteiger partial charge on any atom is -0.398 e. The Morgan fingerprint density at radius 2 is 2.42 bits per heavy atom. The quantitative estimate of drug-likeness (QED) is 0.629. The fourth-order valence-corrected chi connectivity index (χ4v) is 1.24. The molecule has 2 N–H and O–H groups in total. The Bertz CT molecular complexity index is 284. The molecule has 1 rings (SSSR count). The fourth-order valence-electron chi connectivity index (χ4n) is 1.24. The van der Waals surface area contributed by atoms with Gasteiger partial charge in [-0.2, -0.15) is 0 Å². The van der Waals surface area contributed by atoms with Crippen molar-refractivity contribution in [1.82, 2.24) is 0 Å². The molecule has 2 heteroatoms. The number of ketones is 1. The lowest BCUT2D eigenvalue weighted by Gasteiger charge is -2.13. The highest BCUT2D eigenvalue weighted by atomic mass is 16.1. The maximum atomic E-state index is 11.3. The van der Waals surface area contributed by atoms with E-state index in [1.165, 1.54) is 0 Å². The summed E-state index contributed by atoms with van der Waals surface area (Å²) in [7, 11) is 0. The minimum absolute atomic E-state index is 0.123. The van der Waals surface area contributed by atoms with Gasteiger partial charge in [0, 0.05) is 17.7 Å². The van der Waals surface area contributed by atoms with Crippen molar-refractivity contribution in [3.05, 3.63) is 35.6 Å². The summed E-state index contributed by atoms with van der Waals surface area (Å²) >= 11 is 0. The van der Waals surface area contributed by atoms with Crippen molar-refractivity contribution in [2.45, 2.75) is 19.8 Å². The molecule has 0 atom stereocenters. The summed E-state index contributed by atoms with van der Waals surface area (Å²) in [5.41, 5.74) is 8.09. The summed E-state index contributed by atoms with van der Waals surface area (Å²) in [5, 5.41) is 0. The van der Waals surface area contributed by atoms with E-state index in [1.807, 2.05) is 13.0 Å². The van der Waals surface area contributed by atoms with Gasteiger partial charge in [0.15, 0.2) is 5.78 Å². The predicted octanol–water partition coefficient (Wildman–Crippen LogP) is 1.69. The van der Waals surface area contributed by atoms with E-state index >= 15 is 0 Å². The van der Waals surface area contributed by atoms with Crippen molar-refractivity contribution in [2.75, 3.05) is 0 Å². The van der Waals surface area contributed by atoms with Gasteiger partial charge in [-0.1, -0.05) is 12.2 Å². The van der Waals surface area contributed by atoms with Gasteiger partial charge >= 0.3 is 0 Å². The average molecular weight is 163 g/mol. The topological polar surface area (TPSA) is 43.1 Å². The zero-order valence-electron chi connectivity index (χ0n) is 7.26. The molecular formula is C10H13NO. The van der Waals surface area contributed by atoms with Crippen LogP contribution in [-0.2, 0) is 4.79 Å². The smallest absolute Gasteiger partial charge is 0.165 e. The van der Waals surface area contributed by atoms with E-state index in [4.69, 9.17) is 5.73 Å². The van der Waals surface area contributed by atoms with Gasteiger partial charge in [-0.05, 0) is 18.9 Å². The molecule has 2 nitrogen and oxygen atoms in total. The Morgan fingerprint density at radius 1 is 1.75 bits per heavy atom. The first-order chi connectivity index (χ1) is 5.66. The fraction of sp³-hybridized carbons (Fsp3) is 0.300. The first kappa shape index (κ1) is 8.78. The highest BCUT2D eigenvalue weighted by Gasteiger charge is 2.16. The molecule has 0 bridgehead atoms. The Hall–Kier alpha value is -1.31. The third-order valence-corrected chi connectivity index (χ3v) is 2.03. The predicted molar refractivity (Wildman–Crippen MR) is 49.4 cm³/mol. The summed E-state index contributed by atoms with van der Waals surface area (Å²) in [6, 6.07) is 0. The van der Waals surface area contributed by atoms with Crippen molar-refractivity contribution in [1.29, 1.82) is 0 Å². The van der Waals surface area contributed by atoms with Crippen LogP contribution in [0.4, 0.5) is 0 Å². The van der Waals surface area contributed by atoms with Crippen LogP contribution in [0, 0.1) is 0 Å². The lowest BCUT2D eigenvalue weighted by atomic mass is 9.94. The highest BCUT2D eigenvalue weighted by Crippen LogP contribution is 2.20. The molecule has 0 aromatic heterocycles. The molecule has 0 saturated carbocycles. The average Bonchev–Trinajstić information content (AvgIpc) is 2.06. The van der Waals surface area contributed by atoms with Crippen LogP contribution in [-0.4, -0.2) is 5.78 Å². The zero-order chi connectivity index (χ0) is 9.14. The van der Waals surface area contributed by atoms with Gasteiger partial charge in [0.1, 0.15) is 0 Å². The summed E-state index contributed by atoms with van der Waals surface area (Å²) in [5.74, 6) is 0.123. The zero-order valence-corrected chi connectivity index (χ0v) is 7.26. The van der Waals surface area contributed by atoms with Gasteiger partial charge < -0.3 is 5.73 Å². The Morgan fingerprint density at radius 3 is 3.00 bits per heavy atom.